The molecule has 0 aliphatic carbocycles. The van der Waals surface area contributed by atoms with Gasteiger partial charge in [0.15, 0.2) is 0 Å². The zero-order valence-electron chi connectivity index (χ0n) is 7.85. The smallest absolute Gasteiger partial charge is 0.0679 e. The molecular weight excluding hydrogens is 263 g/mol. The average Bonchev–Trinajstić information content (AvgIpc) is 2.11. The zero-order chi connectivity index (χ0) is 10.7. The van der Waals surface area contributed by atoms with E-state index < -0.39 is 0 Å². The highest BCUT2D eigenvalue weighted by Gasteiger charge is 2.13. The molecule has 4 heteroatoms. The summed E-state index contributed by atoms with van der Waals surface area (Å²) in [6, 6.07) is 5.54. The Morgan fingerprint density at radius 2 is 2.29 bits per heavy atom. The van der Waals surface area contributed by atoms with E-state index >= 15 is 0 Å². The fourth-order valence-corrected chi connectivity index (χ4v) is 1.84. The van der Waals surface area contributed by atoms with Gasteiger partial charge < -0.3 is 0 Å². The van der Waals surface area contributed by atoms with Gasteiger partial charge in [0.25, 0.3) is 0 Å². The van der Waals surface area contributed by atoms with Crippen LogP contribution in [0.3, 0.4) is 0 Å². The van der Waals surface area contributed by atoms with Crippen LogP contribution in [-0.4, -0.2) is 0 Å². The van der Waals surface area contributed by atoms with Crippen LogP contribution in [0, 0.1) is 0 Å². The molecule has 0 bridgehead atoms. The Labute approximate surface area is 97.2 Å². The van der Waals surface area contributed by atoms with Gasteiger partial charge >= 0.3 is 0 Å². The second-order valence-electron chi connectivity index (χ2n) is 3.11. The van der Waals surface area contributed by atoms with Crippen LogP contribution in [0.4, 0.5) is 0 Å². The summed E-state index contributed by atoms with van der Waals surface area (Å²) in [6.45, 7) is 5.76. The van der Waals surface area contributed by atoms with E-state index in [-0.39, 0.29) is 6.04 Å². The van der Waals surface area contributed by atoms with E-state index in [2.05, 4.69) is 27.9 Å². The predicted molar refractivity (Wildman–Crippen MR) is 64.0 cm³/mol. The van der Waals surface area contributed by atoms with Crippen LogP contribution < -0.4 is 11.3 Å². The van der Waals surface area contributed by atoms with Crippen LogP contribution in [0.25, 0.3) is 0 Å². The molecule has 0 saturated carbocycles. The predicted octanol–water partition coefficient (Wildman–Crippen LogP) is 3.18. The topological polar surface area (TPSA) is 38.0 Å². The largest absolute Gasteiger partial charge is 0.271 e. The molecule has 2 nitrogen and oxygen atoms in total. The molecule has 1 aromatic carbocycles. The Morgan fingerprint density at radius 3 is 2.79 bits per heavy atom. The molecule has 76 valence electrons. The maximum atomic E-state index is 6.06. The average molecular weight is 276 g/mol. The number of benzene rings is 1. The highest BCUT2D eigenvalue weighted by atomic mass is 79.9. The number of nitrogens with two attached hydrogens (primary N) is 1. The van der Waals surface area contributed by atoms with Crippen LogP contribution in [0.2, 0.25) is 5.02 Å². The molecule has 3 N–H and O–H groups in total. The minimum Gasteiger partial charge on any atom is -0.271 e. The normalized spacial score (nSPS) is 12.6. The lowest BCUT2D eigenvalue weighted by atomic mass is 10.0. The van der Waals surface area contributed by atoms with E-state index in [4.69, 9.17) is 17.4 Å². The van der Waals surface area contributed by atoms with Crippen molar-refractivity contribution in [2.75, 3.05) is 0 Å². The molecule has 0 amide bonds. The van der Waals surface area contributed by atoms with Crippen molar-refractivity contribution in [3.63, 3.8) is 0 Å². The molecule has 0 fully saturated rings. The van der Waals surface area contributed by atoms with Gasteiger partial charge in [-0.1, -0.05) is 39.7 Å². The number of hydrogen-bond donors (Lipinski definition) is 2. The third kappa shape index (κ3) is 2.58. The summed E-state index contributed by atoms with van der Waals surface area (Å²) in [6.07, 6.45) is 0. The monoisotopic (exact) mass is 274 g/mol. The van der Waals surface area contributed by atoms with Crippen molar-refractivity contribution < 1.29 is 0 Å². The Hall–Kier alpha value is -0.350. The van der Waals surface area contributed by atoms with Gasteiger partial charge in [-0.15, -0.1) is 0 Å². The fraction of sp³-hybridized carbons (Fsp3) is 0.200. The van der Waals surface area contributed by atoms with E-state index in [1.54, 1.807) is 0 Å². The minimum atomic E-state index is -0.111. The van der Waals surface area contributed by atoms with E-state index in [9.17, 15) is 0 Å². The SMILES string of the molecule is C=C(C)C(NN)c1cc(Br)ccc1Cl. The molecule has 0 aromatic heterocycles. The van der Waals surface area contributed by atoms with Gasteiger partial charge in [-0.05, 0) is 30.7 Å². The summed E-state index contributed by atoms with van der Waals surface area (Å²) in [5, 5.41) is 0.680. The summed E-state index contributed by atoms with van der Waals surface area (Å²) in [5.41, 5.74) is 4.53. The van der Waals surface area contributed by atoms with Crippen LogP contribution in [0.15, 0.2) is 34.8 Å². The number of rotatable bonds is 3. The van der Waals surface area contributed by atoms with Gasteiger partial charge in [-0.3, -0.25) is 5.84 Å². The van der Waals surface area contributed by atoms with Crippen molar-refractivity contribution in [3.05, 3.63) is 45.4 Å². The van der Waals surface area contributed by atoms with Gasteiger partial charge in [0, 0.05) is 9.50 Å². The Balaban J connectivity index is 3.15. The molecule has 1 rings (SSSR count). The number of nitrogens with one attached hydrogen (secondary N) is 1. The van der Waals surface area contributed by atoms with Crippen molar-refractivity contribution in [3.8, 4) is 0 Å². The van der Waals surface area contributed by atoms with E-state index in [1.165, 1.54) is 0 Å². The van der Waals surface area contributed by atoms with Crippen LogP contribution in [0.5, 0.6) is 0 Å². The first-order chi connectivity index (χ1) is 6.56. The van der Waals surface area contributed by atoms with Gasteiger partial charge in [0.1, 0.15) is 0 Å². The molecule has 1 unspecified atom stereocenters. The van der Waals surface area contributed by atoms with E-state index in [0.29, 0.717) is 5.02 Å². The lowest BCUT2D eigenvalue weighted by Crippen LogP contribution is -2.28. The van der Waals surface area contributed by atoms with Crippen molar-refractivity contribution in [2.45, 2.75) is 13.0 Å². The van der Waals surface area contributed by atoms with Crippen molar-refractivity contribution >= 4 is 27.5 Å². The quantitative estimate of drug-likeness (QED) is 0.505. The molecule has 14 heavy (non-hydrogen) atoms. The molecule has 0 aliphatic heterocycles. The molecule has 0 saturated heterocycles. The maximum absolute atomic E-state index is 6.06. The Bertz CT molecular complexity index is 352. The highest BCUT2D eigenvalue weighted by molar-refractivity contribution is 9.10. The second-order valence-corrected chi connectivity index (χ2v) is 4.43. The number of hydrogen-bond acceptors (Lipinski definition) is 2. The lowest BCUT2D eigenvalue weighted by molar-refractivity contribution is 0.627. The third-order valence-electron chi connectivity index (χ3n) is 1.93. The minimum absolute atomic E-state index is 0.111. The molecule has 0 radical (unpaired) electrons. The first-order valence-corrected chi connectivity index (χ1v) is 5.30. The van der Waals surface area contributed by atoms with Gasteiger partial charge in [0.2, 0.25) is 0 Å². The lowest BCUT2D eigenvalue weighted by Gasteiger charge is -2.17. The van der Waals surface area contributed by atoms with Gasteiger partial charge in [-0.25, -0.2) is 5.43 Å². The zero-order valence-corrected chi connectivity index (χ0v) is 10.2. The molecule has 1 atom stereocenters. The van der Waals surface area contributed by atoms with E-state index in [1.807, 2.05) is 25.1 Å². The molecule has 0 aliphatic rings. The Kier molecular flexibility index (Phi) is 4.13. The van der Waals surface area contributed by atoms with Crippen molar-refractivity contribution in [2.24, 2.45) is 5.84 Å². The van der Waals surface area contributed by atoms with Crippen molar-refractivity contribution in [1.82, 2.24) is 5.43 Å². The van der Waals surface area contributed by atoms with Crippen LogP contribution in [0.1, 0.15) is 18.5 Å². The van der Waals surface area contributed by atoms with E-state index in [0.717, 1.165) is 15.6 Å². The molecular formula is C10H12BrClN2. The summed E-state index contributed by atoms with van der Waals surface area (Å²) >= 11 is 9.44. The molecule has 1 aromatic rings. The summed E-state index contributed by atoms with van der Waals surface area (Å²) in [5.74, 6) is 5.44. The first-order valence-electron chi connectivity index (χ1n) is 4.12. The highest BCUT2D eigenvalue weighted by Crippen LogP contribution is 2.29. The maximum Gasteiger partial charge on any atom is 0.0679 e. The van der Waals surface area contributed by atoms with Crippen molar-refractivity contribution in [1.29, 1.82) is 0 Å². The number of halogens is 2. The van der Waals surface area contributed by atoms with Gasteiger partial charge in [-0.2, -0.15) is 0 Å². The first kappa shape index (κ1) is 11.7. The fourth-order valence-electron chi connectivity index (χ4n) is 1.23. The summed E-state index contributed by atoms with van der Waals surface area (Å²) in [7, 11) is 0. The second kappa shape index (κ2) is 4.94. The summed E-state index contributed by atoms with van der Waals surface area (Å²) < 4.78 is 0.971. The molecule has 0 heterocycles. The third-order valence-corrected chi connectivity index (χ3v) is 2.77. The van der Waals surface area contributed by atoms with Crippen LogP contribution >= 0.6 is 27.5 Å². The van der Waals surface area contributed by atoms with Gasteiger partial charge in [0.05, 0.1) is 6.04 Å². The standard InChI is InChI=1S/C10H12BrClN2/c1-6(2)10(14-13)8-5-7(11)3-4-9(8)12/h3-5,10,14H,1,13H2,2H3. The number of hydrazine groups is 1. The Morgan fingerprint density at radius 1 is 1.64 bits per heavy atom. The molecule has 0 spiro atoms. The van der Waals surface area contributed by atoms with Crippen LogP contribution in [-0.2, 0) is 0 Å². The summed E-state index contributed by atoms with van der Waals surface area (Å²) in [4.78, 5) is 0.